The molecule has 0 radical (unpaired) electrons. The molecular weight excluding hydrogens is 302 g/mol. The highest BCUT2D eigenvalue weighted by atomic mass is 32.2. The Bertz CT molecular complexity index is 673. The fourth-order valence-corrected chi connectivity index (χ4v) is 4.61. The quantitative estimate of drug-likeness (QED) is 0.855. The minimum absolute atomic E-state index is 0.0971. The number of hydrogen-bond acceptors (Lipinski definition) is 4. The van der Waals surface area contributed by atoms with Crippen LogP contribution in [0.5, 0.6) is 0 Å². The molecule has 0 spiro atoms. The highest BCUT2D eigenvalue weighted by Crippen LogP contribution is 2.28. The monoisotopic (exact) mass is 325 g/mol. The molecule has 0 bridgehead atoms. The molecule has 0 aliphatic carbocycles. The zero-order chi connectivity index (χ0) is 16.5. The largest absolute Gasteiger partial charge is 0.366 e. The Balaban J connectivity index is 2.42. The SMILES string of the molecule is Cc1ccc(S(=O)(=O)N2CCC(C)CC2CN)cc1C(N)=O. The predicted octanol–water partition coefficient (Wildman–Crippen LogP) is 0.842. The summed E-state index contributed by atoms with van der Waals surface area (Å²) in [6.07, 6.45) is 1.56. The van der Waals surface area contributed by atoms with Crippen molar-refractivity contribution in [2.24, 2.45) is 17.4 Å². The second-order valence-electron chi connectivity index (χ2n) is 5.98. The highest BCUT2D eigenvalue weighted by Gasteiger charge is 2.35. The number of hydrogen-bond donors (Lipinski definition) is 2. The van der Waals surface area contributed by atoms with Gasteiger partial charge in [-0.05, 0) is 43.4 Å². The van der Waals surface area contributed by atoms with Crippen LogP contribution in [-0.2, 0) is 10.0 Å². The molecule has 1 aliphatic heterocycles. The molecule has 1 saturated heterocycles. The van der Waals surface area contributed by atoms with Gasteiger partial charge >= 0.3 is 0 Å². The normalized spacial score (nSPS) is 23.4. The van der Waals surface area contributed by atoms with E-state index in [9.17, 15) is 13.2 Å². The van der Waals surface area contributed by atoms with E-state index in [0.717, 1.165) is 12.8 Å². The van der Waals surface area contributed by atoms with Gasteiger partial charge in [-0.1, -0.05) is 13.0 Å². The number of piperidine rings is 1. The van der Waals surface area contributed by atoms with Gasteiger partial charge in [0, 0.05) is 24.7 Å². The van der Waals surface area contributed by atoms with Gasteiger partial charge in [0.25, 0.3) is 0 Å². The number of amides is 1. The first-order valence-corrected chi connectivity index (χ1v) is 8.83. The number of carbonyl (C=O) groups is 1. The fourth-order valence-electron chi connectivity index (χ4n) is 2.92. The topological polar surface area (TPSA) is 106 Å². The summed E-state index contributed by atoms with van der Waals surface area (Å²) >= 11 is 0. The lowest BCUT2D eigenvalue weighted by atomic mass is 9.94. The minimum Gasteiger partial charge on any atom is -0.366 e. The van der Waals surface area contributed by atoms with Crippen molar-refractivity contribution in [3.63, 3.8) is 0 Å². The molecule has 7 heteroatoms. The summed E-state index contributed by atoms with van der Waals surface area (Å²) < 4.78 is 27.2. The van der Waals surface area contributed by atoms with Crippen LogP contribution in [0.2, 0.25) is 0 Å². The van der Waals surface area contributed by atoms with Gasteiger partial charge in [-0.15, -0.1) is 0 Å². The van der Waals surface area contributed by atoms with Gasteiger partial charge in [-0.2, -0.15) is 4.31 Å². The zero-order valence-electron chi connectivity index (χ0n) is 13.0. The van der Waals surface area contributed by atoms with Crippen molar-refractivity contribution in [2.75, 3.05) is 13.1 Å². The van der Waals surface area contributed by atoms with Crippen LogP contribution in [0.1, 0.15) is 35.7 Å². The van der Waals surface area contributed by atoms with E-state index in [0.29, 0.717) is 18.0 Å². The lowest BCUT2D eigenvalue weighted by molar-refractivity contribution is 0.0999. The van der Waals surface area contributed by atoms with Crippen LogP contribution in [0, 0.1) is 12.8 Å². The minimum atomic E-state index is -3.67. The summed E-state index contributed by atoms with van der Waals surface area (Å²) in [4.78, 5) is 11.5. The summed E-state index contributed by atoms with van der Waals surface area (Å²) in [5.74, 6) is -0.170. The number of sulfonamides is 1. The van der Waals surface area contributed by atoms with Gasteiger partial charge in [0.05, 0.1) is 4.90 Å². The third-order valence-electron chi connectivity index (χ3n) is 4.28. The molecule has 1 aromatic carbocycles. The van der Waals surface area contributed by atoms with Crippen LogP contribution < -0.4 is 11.5 Å². The first-order chi connectivity index (χ1) is 10.3. The third-order valence-corrected chi connectivity index (χ3v) is 6.22. The lowest BCUT2D eigenvalue weighted by Gasteiger charge is -2.36. The van der Waals surface area contributed by atoms with Crippen LogP contribution in [0.25, 0.3) is 0 Å². The third kappa shape index (κ3) is 3.16. The van der Waals surface area contributed by atoms with Crippen molar-refractivity contribution in [1.29, 1.82) is 0 Å². The molecular formula is C15H23N3O3S. The van der Waals surface area contributed by atoms with Crippen LogP contribution in [0.15, 0.2) is 23.1 Å². The van der Waals surface area contributed by atoms with Crippen molar-refractivity contribution >= 4 is 15.9 Å². The van der Waals surface area contributed by atoms with Gasteiger partial charge in [-0.25, -0.2) is 8.42 Å². The summed E-state index contributed by atoms with van der Waals surface area (Å²) in [7, 11) is -3.67. The van der Waals surface area contributed by atoms with Crippen molar-refractivity contribution < 1.29 is 13.2 Å². The van der Waals surface area contributed by atoms with Crippen molar-refractivity contribution in [1.82, 2.24) is 4.31 Å². The number of benzene rings is 1. The van der Waals surface area contributed by atoms with Gasteiger partial charge in [0.2, 0.25) is 15.9 Å². The van der Waals surface area contributed by atoms with E-state index in [4.69, 9.17) is 11.5 Å². The van der Waals surface area contributed by atoms with E-state index < -0.39 is 15.9 Å². The number of carbonyl (C=O) groups excluding carboxylic acids is 1. The smallest absolute Gasteiger partial charge is 0.249 e. The first kappa shape index (κ1) is 16.9. The number of nitrogens with zero attached hydrogens (tertiary/aromatic N) is 1. The number of primary amides is 1. The van der Waals surface area contributed by atoms with Crippen LogP contribution in [-0.4, -0.2) is 37.8 Å². The van der Waals surface area contributed by atoms with E-state index in [1.54, 1.807) is 13.0 Å². The predicted molar refractivity (Wildman–Crippen MR) is 84.8 cm³/mol. The molecule has 2 atom stereocenters. The summed E-state index contributed by atoms with van der Waals surface area (Å²) in [6.45, 7) is 4.56. The van der Waals surface area contributed by atoms with E-state index in [1.807, 2.05) is 0 Å². The standard InChI is InChI=1S/C15H23N3O3S/c1-10-5-6-18(12(7-10)9-16)22(20,21)13-4-3-11(2)14(8-13)15(17)19/h3-4,8,10,12H,5-7,9,16H2,1-2H3,(H2,17,19). The van der Waals surface area contributed by atoms with E-state index in [2.05, 4.69) is 6.92 Å². The maximum Gasteiger partial charge on any atom is 0.249 e. The Morgan fingerprint density at radius 2 is 2.09 bits per heavy atom. The number of nitrogens with two attached hydrogens (primary N) is 2. The molecule has 22 heavy (non-hydrogen) atoms. The van der Waals surface area contributed by atoms with E-state index in [-0.39, 0.29) is 23.0 Å². The molecule has 1 heterocycles. The maximum absolute atomic E-state index is 12.9. The summed E-state index contributed by atoms with van der Waals surface area (Å²) in [6, 6.07) is 4.28. The van der Waals surface area contributed by atoms with Crippen molar-refractivity contribution in [2.45, 2.75) is 37.6 Å². The molecule has 2 unspecified atom stereocenters. The van der Waals surface area contributed by atoms with Gasteiger partial charge < -0.3 is 11.5 Å². The molecule has 122 valence electrons. The maximum atomic E-state index is 12.9. The van der Waals surface area contributed by atoms with Gasteiger partial charge in [-0.3, -0.25) is 4.79 Å². The van der Waals surface area contributed by atoms with Gasteiger partial charge in [0.15, 0.2) is 0 Å². The lowest BCUT2D eigenvalue weighted by Crippen LogP contribution is -2.49. The molecule has 4 N–H and O–H groups in total. The number of rotatable bonds is 4. The average molecular weight is 325 g/mol. The van der Waals surface area contributed by atoms with Gasteiger partial charge in [0.1, 0.15) is 0 Å². The Morgan fingerprint density at radius 3 is 2.68 bits per heavy atom. The van der Waals surface area contributed by atoms with E-state index in [1.165, 1.54) is 16.4 Å². The molecule has 0 saturated carbocycles. The molecule has 6 nitrogen and oxygen atoms in total. The molecule has 1 aliphatic rings. The Hall–Kier alpha value is -1.44. The summed E-state index contributed by atoms with van der Waals surface area (Å²) in [5.41, 5.74) is 12.0. The molecule has 0 aromatic heterocycles. The average Bonchev–Trinajstić information content (AvgIpc) is 2.46. The Morgan fingerprint density at radius 1 is 1.41 bits per heavy atom. The Kier molecular flexibility index (Phi) is 4.89. The molecule has 1 amide bonds. The van der Waals surface area contributed by atoms with Crippen molar-refractivity contribution in [3.05, 3.63) is 29.3 Å². The first-order valence-electron chi connectivity index (χ1n) is 7.39. The van der Waals surface area contributed by atoms with Crippen molar-refractivity contribution in [3.8, 4) is 0 Å². The second-order valence-corrected chi connectivity index (χ2v) is 7.87. The van der Waals surface area contributed by atoms with Crippen LogP contribution in [0.3, 0.4) is 0 Å². The second kappa shape index (κ2) is 6.36. The Labute approximate surface area is 131 Å². The summed E-state index contributed by atoms with van der Waals surface area (Å²) in [5, 5.41) is 0. The van der Waals surface area contributed by atoms with Crippen LogP contribution >= 0.6 is 0 Å². The fraction of sp³-hybridized carbons (Fsp3) is 0.533. The zero-order valence-corrected chi connectivity index (χ0v) is 13.8. The molecule has 2 rings (SSSR count). The van der Waals surface area contributed by atoms with Crippen LogP contribution in [0.4, 0.5) is 0 Å². The number of aryl methyl sites for hydroxylation is 1. The molecule has 1 fully saturated rings. The molecule has 1 aromatic rings. The highest BCUT2D eigenvalue weighted by molar-refractivity contribution is 7.89. The van der Waals surface area contributed by atoms with E-state index >= 15 is 0 Å².